The lowest BCUT2D eigenvalue weighted by Crippen LogP contribution is -2.10. The van der Waals surface area contributed by atoms with Crippen LogP contribution in [0, 0.1) is 19.8 Å². The van der Waals surface area contributed by atoms with Crippen LogP contribution in [0.2, 0.25) is 0 Å². The van der Waals surface area contributed by atoms with Gasteiger partial charge in [-0.3, -0.25) is 9.78 Å². The summed E-state index contributed by atoms with van der Waals surface area (Å²) >= 11 is 0. The summed E-state index contributed by atoms with van der Waals surface area (Å²) in [6.45, 7) is 4.62. The quantitative estimate of drug-likeness (QED) is 0.688. The Morgan fingerprint density at radius 3 is 2.63 bits per heavy atom. The van der Waals surface area contributed by atoms with Gasteiger partial charge in [-0.15, -0.1) is 0 Å². The number of benzene rings is 1. The molecule has 2 heterocycles. The number of nitrogens with one attached hydrogen (secondary N) is 2. The lowest BCUT2D eigenvalue weighted by atomic mass is 10.1. The molecule has 0 atom stereocenters. The smallest absolute Gasteiger partial charge is 0.250 e. The molecule has 1 aliphatic carbocycles. The van der Waals surface area contributed by atoms with E-state index in [4.69, 9.17) is 9.47 Å². The fraction of sp³-hybridized carbons (Fsp3) is 0.333. The maximum absolute atomic E-state index is 12.4. The molecule has 0 radical (unpaired) electrons. The van der Waals surface area contributed by atoms with Crippen LogP contribution in [-0.2, 0) is 0 Å². The number of hydrogen-bond acceptors (Lipinski definition) is 5. The molecule has 4 rings (SSSR count). The van der Waals surface area contributed by atoms with Gasteiger partial charge in [0.1, 0.15) is 0 Å². The van der Waals surface area contributed by atoms with Gasteiger partial charge in [-0.1, -0.05) is 0 Å². The van der Waals surface area contributed by atoms with Gasteiger partial charge in [0.15, 0.2) is 11.5 Å². The molecule has 1 aliphatic rings. The van der Waals surface area contributed by atoms with E-state index in [2.05, 4.69) is 15.3 Å². The molecule has 27 heavy (non-hydrogen) atoms. The number of fused-ring (bicyclic) bond motifs is 1. The van der Waals surface area contributed by atoms with E-state index in [1.807, 2.05) is 26.0 Å². The monoisotopic (exact) mass is 365 g/mol. The molecule has 0 bridgehead atoms. The maximum Gasteiger partial charge on any atom is 0.250 e. The zero-order valence-electron chi connectivity index (χ0n) is 15.8. The SMILES string of the molecule is COc1ccc2c(Nc3c(C)cncc3C)cc(=O)[nH]c2c1OCC1CC1. The van der Waals surface area contributed by atoms with Crippen molar-refractivity contribution in [1.29, 1.82) is 0 Å². The zero-order chi connectivity index (χ0) is 19.0. The van der Waals surface area contributed by atoms with Crippen molar-refractivity contribution in [1.82, 2.24) is 9.97 Å². The van der Waals surface area contributed by atoms with Crippen molar-refractivity contribution in [2.45, 2.75) is 26.7 Å². The van der Waals surface area contributed by atoms with Crippen LogP contribution in [0.15, 0.2) is 35.4 Å². The van der Waals surface area contributed by atoms with Crippen molar-refractivity contribution in [3.63, 3.8) is 0 Å². The largest absolute Gasteiger partial charge is 0.493 e. The molecular weight excluding hydrogens is 342 g/mol. The van der Waals surface area contributed by atoms with Gasteiger partial charge in [0, 0.05) is 29.5 Å². The van der Waals surface area contributed by atoms with Gasteiger partial charge in [0.25, 0.3) is 5.56 Å². The highest BCUT2D eigenvalue weighted by Gasteiger charge is 2.24. The van der Waals surface area contributed by atoms with Gasteiger partial charge in [0.05, 0.1) is 24.9 Å². The van der Waals surface area contributed by atoms with Gasteiger partial charge in [-0.25, -0.2) is 0 Å². The van der Waals surface area contributed by atoms with Gasteiger partial charge >= 0.3 is 0 Å². The normalized spacial score (nSPS) is 13.6. The molecule has 1 aromatic carbocycles. The lowest BCUT2D eigenvalue weighted by molar-refractivity contribution is 0.283. The van der Waals surface area contributed by atoms with Crippen LogP contribution < -0.4 is 20.3 Å². The number of aromatic amines is 1. The summed E-state index contributed by atoms with van der Waals surface area (Å²) < 4.78 is 11.5. The number of ether oxygens (including phenoxy) is 2. The highest BCUT2D eigenvalue weighted by atomic mass is 16.5. The topological polar surface area (TPSA) is 76.2 Å². The molecule has 2 N–H and O–H groups in total. The number of anilines is 2. The van der Waals surface area contributed by atoms with Crippen molar-refractivity contribution >= 4 is 22.3 Å². The van der Waals surface area contributed by atoms with E-state index in [1.54, 1.807) is 25.6 Å². The lowest BCUT2D eigenvalue weighted by Gasteiger charge is -2.17. The maximum atomic E-state index is 12.4. The average Bonchev–Trinajstić information content (AvgIpc) is 3.47. The minimum absolute atomic E-state index is 0.195. The Hall–Kier alpha value is -3.02. The fourth-order valence-electron chi connectivity index (χ4n) is 3.21. The predicted octanol–water partition coefficient (Wildman–Crippen LogP) is 4.08. The molecule has 6 nitrogen and oxygen atoms in total. The van der Waals surface area contributed by atoms with Crippen molar-refractivity contribution in [2.75, 3.05) is 19.0 Å². The van der Waals surface area contributed by atoms with Gasteiger partial charge in [-0.05, 0) is 55.9 Å². The number of methoxy groups -OCH3 is 1. The number of rotatable bonds is 6. The van der Waals surface area contributed by atoms with E-state index >= 15 is 0 Å². The Morgan fingerprint density at radius 1 is 1.22 bits per heavy atom. The minimum Gasteiger partial charge on any atom is -0.493 e. The van der Waals surface area contributed by atoms with Crippen LogP contribution in [0.25, 0.3) is 10.9 Å². The van der Waals surface area contributed by atoms with Crippen molar-refractivity contribution in [2.24, 2.45) is 5.92 Å². The molecule has 6 heteroatoms. The van der Waals surface area contributed by atoms with Crippen LogP contribution in [0.5, 0.6) is 11.5 Å². The summed E-state index contributed by atoms with van der Waals surface area (Å²) in [6, 6.07) is 5.38. The summed E-state index contributed by atoms with van der Waals surface area (Å²) in [5, 5.41) is 4.28. The highest BCUT2D eigenvalue weighted by molar-refractivity contribution is 5.97. The first-order chi connectivity index (χ1) is 13.1. The first-order valence-corrected chi connectivity index (χ1v) is 9.12. The Kier molecular flexibility index (Phi) is 4.48. The van der Waals surface area contributed by atoms with Crippen molar-refractivity contribution < 1.29 is 9.47 Å². The standard InChI is InChI=1S/C21H23N3O3/c1-12-9-22-10-13(2)19(12)23-16-8-18(25)24-20-15(16)6-7-17(26-3)21(20)27-11-14-4-5-14/h6-10,14H,4-5,11H2,1-3H3,(H2,22,23,24,25). The van der Waals surface area contributed by atoms with Gasteiger partial charge in [0.2, 0.25) is 0 Å². The van der Waals surface area contributed by atoms with E-state index < -0.39 is 0 Å². The average molecular weight is 365 g/mol. The molecule has 3 aromatic rings. The molecule has 140 valence electrons. The van der Waals surface area contributed by atoms with Crippen LogP contribution in [-0.4, -0.2) is 23.7 Å². The van der Waals surface area contributed by atoms with Crippen molar-refractivity contribution in [3.8, 4) is 11.5 Å². The van der Waals surface area contributed by atoms with Crippen LogP contribution in [0.1, 0.15) is 24.0 Å². The predicted molar refractivity (Wildman–Crippen MR) is 106 cm³/mol. The third-order valence-electron chi connectivity index (χ3n) is 4.90. The van der Waals surface area contributed by atoms with Crippen LogP contribution in [0.4, 0.5) is 11.4 Å². The first-order valence-electron chi connectivity index (χ1n) is 9.12. The molecular formula is C21H23N3O3. The zero-order valence-corrected chi connectivity index (χ0v) is 15.8. The van der Waals surface area contributed by atoms with Gasteiger partial charge in [-0.2, -0.15) is 0 Å². The molecule has 2 aromatic heterocycles. The fourth-order valence-corrected chi connectivity index (χ4v) is 3.21. The Morgan fingerprint density at radius 2 is 1.96 bits per heavy atom. The summed E-state index contributed by atoms with van der Waals surface area (Å²) in [7, 11) is 1.61. The Balaban J connectivity index is 1.83. The molecule has 0 unspecified atom stereocenters. The molecule has 1 fully saturated rings. The third-order valence-corrected chi connectivity index (χ3v) is 4.90. The van der Waals surface area contributed by atoms with E-state index in [-0.39, 0.29) is 5.56 Å². The van der Waals surface area contributed by atoms with E-state index in [1.165, 1.54) is 12.8 Å². The Bertz CT molecular complexity index is 1030. The van der Waals surface area contributed by atoms with Crippen LogP contribution >= 0.6 is 0 Å². The minimum atomic E-state index is -0.195. The highest BCUT2D eigenvalue weighted by Crippen LogP contribution is 2.39. The summed E-state index contributed by atoms with van der Waals surface area (Å²) in [5.74, 6) is 1.80. The summed E-state index contributed by atoms with van der Waals surface area (Å²) in [4.78, 5) is 19.5. The molecule has 1 saturated carbocycles. The van der Waals surface area contributed by atoms with E-state index in [0.29, 0.717) is 29.5 Å². The third kappa shape index (κ3) is 3.47. The second-order valence-corrected chi connectivity index (χ2v) is 7.09. The molecule has 0 spiro atoms. The first kappa shape index (κ1) is 17.4. The molecule has 0 amide bonds. The van der Waals surface area contributed by atoms with Crippen molar-refractivity contribution in [3.05, 3.63) is 52.1 Å². The van der Waals surface area contributed by atoms with E-state index in [0.717, 1.165) is 27.9 Å². The number of hydrogen-bond donors (Lipinski definition) is 2. The second kappa shape index (κ2) is 6.95. The molecule has 0 saturated heterocycles. The summed E-state index contributed by atoms with van der Waals surface area (Å²) in [6.07, 6.45) is 5.99. The van der Waals surface area contributed by atoms with Gasteiger partial charge < -0.3 is 19.8 Å². The molecule has 0 aliphatic heterocycles. The van der Waals surface area contributed by atoms with Crippen LogP contribution in [0.3, 0.4) is 0 Å². The second-order valence-electron chi connectivity index (χ2n) is 7.09. The number of pyridine rings is 2. The number of aromatic nitrogens is 2. The number of aryl methyl sites for hydroxylation is 2. The number of nitrogens with zero attached hydrogens (tertiary/aromatic N) is 1. The summed E-state index contributed by atoms with van der Waals surface area (Å²) in [5.41, 5.74) is 4.16. The Labute approximate surface area is 157 Å². The van der Waals surface area contributed by atoms with E-state index in [9.17, 15) is 4.79 Å². The number of H-pyrrole nitrogens is 1.